The molecule has 8 nitrogen and oxygen atoms in total. The molecule has 0 saturated carbocycles. The van der Waals surface area contributed by atoms with Gasteiger partial charge in [-0.05, 0) is 46.9 Å². The van der Waals surface area contributed by atoms with Crippen LogP contribution in [-0.4, -0.2) is 20.9 Å². The van der Waals surface area contributed by atoms with Gasteiger partial charge in [0.15, 0.2) is 0 Å². The molecule has 1 heterocycles. The van der Waals surface area contributed by atoms with Crippen molar-refractivity contribution in [1.82, 2.24) is 4.72 Å². The maximum Gasteiger partial charge on any atom is 0.326 e. The Morgan fingerprint density at radius 1 is 0.795 bits per heavy atom. The molecule has 4 aromatic rings. The van der Waals surface area contributed by atoms with Crippen LogP contribution in [0, 0.1) is 11.3 Å². The van der Waals surface area contributed by atoms with Gasteiger partial charge >= 0.3 is 10.2 Å². The van der Waals surface area contributed by atoms with Crippen LogP contribution in [0.15, 0.2) is 97.1 Å². The van der Waals surface area contributed by atoms with Crippen molar-refractivity contribution in [3.63, 3.8) is 0 Å². The number of nitrogens with one attached hydrogen (secondary N) is 1. The molecule has 0 atom stereocenters. The van der Waals surface area contributed by atoms with Crippen LogP contribution in [0.3, 0.4) is 0 Å². The van der Waals surface area contributed by atoms with Crippen LogP contribution in [0.2, 0.25) is 0 Å². The Labute approximate surface area is 227 Å². The van der Waals surface area contributed by atoms with E-state index in [1.54, 1.807) is 24.3 Å². The zero-order valence-corrected chi connectivity index (χ0v) is 21.7. The Morgan fingerprint density at radius 3 is 2.03 bits per heavy atom. The zero-order chi connectivity index (χ0) is 27.2. The van der Waals surface area contributed by atoms with Crippen molar-refractivity contribution in [2.24, 2.45) is 0 Å². The summed E-state index contributed by atoms with van der Waals surface area (Å²) in [6.07, 6.45) is 0.386. The van der Waals surface area contributed by atoms with Crippen molar-refractivity contribution >= 4 is 21.8 Å². The summed E-state index contributed by atoms with van der Waals surface area (Å²) in [5.74, 6) is 0.189. The van der Waals surface area contributed by atoms with Crippen LogP contribution in [-0.2, 0) is 34.6 Å². The quantitative estimate of drug-likeness (QED) is 0.336. The SMILES string of the molecule is N#Cc1c(Cc2ccc(N3CC(=O)NS3(=O)=O)c(OCc3ccccc3)c2)cccc1OCc1ccccc1. The van der Waals surface area contributed by atoms with Gasteiger partial charge in [0.1, 0.15) is 37.3 Å². The van der Waals surface area contributed by atoms with E-state index in [1.165, 1.54) is 0 Å². The van der Waals surface area contributed by atoms with Gasteiger partial charge < -0.3 is 9.47 Å². The molecule has 0 unspecified atom stereocenters. The predicted molar refractivity (Wildman–Crippen MR) is 146 cm³/mol. The van der Waals surface area contributed by atoms with E-state index in [-0.39, 0.29) is 18.8 Å². The number of rotatable bonds is 9. The lowest BCUT2D eigenvalue weighted by Gasteiger charge is -2.20. The number of nitriles is 1. The van der Waals surface area contributed by atoms with Crippen LogP contribution in [0.4, 0.5) is 5.69 Å². The molecule has 0 spiro atoms. The summed E-state index contributed by atoms with van der Waals surface area (Å²) in [5, 5.41) is 9.94. The first-order valence-electron chi connectivity index (χ1n) is 12.2. The van der Waals surface area contributed by atoms with Gasteiger partial charge in [0.25, 0.3) is 5.91 Å². The number of hydrogen-bond acceptors (Lipinski definition) is 6. The van der Waals surface area contributed by atoms with Crippen molar-refractivity contribution < 1.29 is 22.7 Å². The minimum Gasteiger partial charge on any atom is -0.488 e. The van der Waals surface area contributed by atoms with Gasteiger partial charge in [-0.25, -0.2) is 9.03 Å². The van der Waals surface area contributed by atoms with E-state index in [0.29, 0.717) is 30.1 Å². The number of anilines is 1. The zero-order valence-electron chi connectivity index (χ0n) is 20.9. The minimum absolute atomic E-state index is 0.207. The highest BCUT2D eigenvalue weighted by Gasteiger charge is 2.35. The Kier molecular flexibility index (Phi) is 7.48. The second-order valence-electron chi connectivity index (χ2n) is 8.97. The van der Waals surface area contributed by atoms with E-state index < -0.39 is 16.1 Å². The highest BCUT2D eigenvalue weighted by atomic mass is 32.2. The van der Waals surface area contributed by atoms with Crippen molar-refractivity contribution in [3.8, 4) is 17.6 Å². The lowest BCUT2D eigenvalue weighted by atomic mass is 9.99. The van der Waals surface area contributed by atoms with Crippen LogP contribution in [0.25, 0.3) is 0 Å². The molecule has 1 aliphatic rings. The smallest absolute Gasteiger partial charge is 0.326 e. The molecular weight excluding hydrogens is 514 g/mol. The van der Waals surface area contributed by atoms with Gasteiger partial charge in [0, 0.05) is 0 Å². The first-order valence-corrected chi connectivity index (χ1v) is 13.7. The molecule has 0 aromatic heterocycles. The molecule has 9 heteroatoms. The molecule has 1 fully saturated rings. The van der Waals surface area contributed by atoms with E-state index in [2.05, 4.69) is 6.07 Å². The molecule has 4 aromatic carbocycles. The molecule has 1 saturated heterocycles. The number of carbonyl (C=O) groups excluding carboxylic acids is 1. The first kappa shape index (κ1) is 25.8. The topological polar surface area (TPSA) is 109 Å². The molecule has 1 N–H and O–H groups in total. The third kappa shape index (κ3) is 6.03. The van der Waals surface area contributed by atoms with Gasteiger partial charge in [-0.2, -0.15) is 13.7 Å². The largest absolute Gasteiger partial charge is 0.488 e. The van der Waals surface area contributed by atoms with Crippen molar-refractivity contribution in [1.29, 1.82) is 5.26 Å². The summed E-state index contributed by atoms with van der Waals surface area (Å²) in [7, 11) is -4.02. The Morgan fingerprint density at radius 2 is 1.44 bits per heavy atom. The van der Waals surface area contributed by atoms with Gasteiger partial charge in [-0.3, -0.25) is 4.79 Å². The molecule has 0 radical (unpaired) electrons. The van der Waals surface area contributed by atoms with Gasteiger partial charge in [0.2, 0.25) is 0 Å². The van der Waals surface area contributed by atoms with Crippen LogP contribution >= 0.6 is 0 Å². The molecule has 39 heavy (non-hydrogen) atoms. The summed E-state index contributed by atoms with van der Waals surface area (Å²) in [4.78, 5) is 11.9. The highest BCUT2D eigenvalue weighted by molar-refractivity contribution is 7.92. The van der Waals surface area contributed by atoms with E-state index in [0.717, 1.165) is 26.6 Å². The molecule has 5 rings (SSSR count). The van der Waals surface area contributed by atoms with Crippen LogP contribution in [0.5, 0.6) is 11.5 Å². The fourth-order valence-electron chi connectivity index (χ4n) is 4.31. The fraction of sp³-hybridized carbons (Fsp3) is 0.133. The average Bonchev–Trinajstić information content (AvgIpc) is 3.23. The summed E-state index contributed by atoms with van der Waals surface area (Å²) in [5.41, 5.74) is 4.15. The fourth-order valence-corrected chi connectivity index (χ4v) is 5.47. The summed E-state index contributed by atoms with van der Waals surface area (Å²) < 4.78 is 40.1. The van der Waals surface area contributed by atoms with E-state index in [9.17, 15) is 18.5 Å². The lowest BCUT2D eigenvalue weighted by molar-refractivity contribution is -0.117. The second kappa shape index (κ2) is 11.3. The average molecular weight is 540 g/mol. The number of hydrogen-bond donors (Lipinski definition) is 1. The Bertz CT molecular complexity index is 1630. The third-order valence-corrected chi connectivity index (χ3v) is 7.60. The maximum absolute atomic E-state index is 12.5. The predicted octanol–water partition coefficient (Wildman–Crippen LogP) is 4.49. The van der Waals surface area contributed by atoms with Gasteiger partial charge in [-0.15, -0.1) is 0 Å². The van der Waals surface area contributed by atoms with Crippen molar-refractivity contribution in [2.45, 2.75) is 19.6 Å². The first-order chi connectivity index (χ1) is 18.9. The number of amides is 1. The van der Waals surface area contributed by atoms with E-state index in [4.69, 9.17) is 9.47 Å². The molecular formula is C30H25N3O5S. The van der Waals surface area contributed by atoms with Crippen LogP contribution < -0.4 is 18.5 Å². The van der Waals surface area contributed by atoms with Gasteiger partial charge in [-0.1, -0.05) is 78.9 Å². The molecule has 1 aliphatic heterocycles. The second-order valence-corrected chi connectivity index (χ2v) is 10.6. The maximum atomic E-state index is 12.5. The molecule has 0 aliphatic carbocycles. The summed E-state index contributed by atoms with van der Waals surface area (Å²) in [6.45, 7) is 0.212. The molecule has 1 amide bonds. The standard InChI is InChI=1S/C30H25N3O5S/c31-18-26-25(12-7-13-28(26)37-20-22-8-3-1-4-9-22)16-24-14-15-27(33-19-30(34)32-39(33,35)36)29(17-24)38-21-23-10-5-2-6-11-23/h1-15,17H,16,19-21H2,(H,32,34). The summed E-state index contributed by atoms with van der Waals surface area (Å²) >= 11 is 0. The van der Waals surface area contributed by atoms with Crippen molar-refractivity contribution in [2.75, 3.05) is 10.8 Å². The van der Waals surface area contributed by atoms with E-state index >= 15 is 0 Å². The molecule has 196 valence electrons. The Balaban J connectivity index is 1.43. The lowest BCUT2D eigenvalue weighted by Crippen LogP contribution is -2.29. The van der Waals surface area contributed by atoms with Crippen molar-refractivity contribution in [3.05, 3.63) is 125 Å². The number of benzene rings is 4. The third-order valence-electron chi connectivity index (χ3n) is 6.21. The normalized spacial score (nSPS) is 13.9. The molecule has 0 bridgehead atoms. The van der Waals surface area contributed by atoms with Crippen LogP contribution in [0.1, 0.15) is 27.8 Å². The Hall–Kier alpha value is -4.81. The minimum atomic E-state index is -4.02. The monoisotopic (exact) mass is 539 g/mol. The number of ether oxygens (including phenoxy) is 2. The van der Waals surface area contributed by atoms with E-state index in [1.807, 2.05) is 77.5 Å². The summed E-state index contributed by atoms with van der Waals surface area (Å²) in [6, 6.07) is 32.1. The number of nitrogens with zero attached hydrogens (tertiary/aromatic N) is 2. The number of carbonyl (C=O) groups is 1. The highest BCUT2D eigenvalue weighted by Crippen LogP contribution is 2.34. The van der Waals surface area contributed by atoms with Gasteiger partial charge in [0.05, 0.1) is 11.3 Å².